The van der Waals surface area contributed by atoms with E-state index in [1.165, 1.54) is 0 Å². The highest BCUT2D eigenvalue weighted by molar-refractivity contribution is 6.06. The fourth-order valence-corrected chi connectivity index (χ4v) is 2.64. The predicted octanol–water partition coefficient (Wildman–Crippen LogP) is 1.50. The van der Waals surface area contributed by atoms with E-state index in [1.54, 1.807) is 6.07 Å². The van der Waals surface area contributed by atoms with Crippen molar-refractivity contribution in [3.8, 4) is 0 Å². The highest BCUT2D eigenvalue weighted by atomic mass is 16.1. The van der Waals surface area contributed by atoms with Crippen molar-refractivity contribution >= 4 is 22.6 Å². The Bertz CT molecular complexity index is 635. The predicted molar refractivity (Wildman–Crippen MR) is 79.8 cm³/mol. The van der Waals surface area contributed by atoms with E-state index < -0.39 is 5.91 Å². The molecule has 1 saturated heterocycles. The molecule has 104 valence electrons. The third-order valence-electron chi connectivity index (χ3n) is 3.63. The van der Waals surface area contributed by atoms with Crippen LogP contribution in [-0.2, 0) is 0 Å². The minimum absolute atomic E-state index is 0.345. The standard InChI is InChI=1S/C15H18N4O/c16-15(20)12-8-14(18-10-4-3-7-17-9-10)19-13-6-2-1-5-11(12)13/h1-2,5-6,8,10,17H,3-4,7,9H2,(H2,16,20)(H,18,19). The van der Waals surface area contributed by atoms with Gasteiger partial charge in [0.2, 0.25) is 5.91 Å². The molecule has 1 aromatic carbocycles. The summed E-state index contributed by atoms with van der Waals surface area (Å²) in [5, 5.41) is 7.53. The van der Waals surface area contributed by atoms with Gasteiger partial charge >= 0.3 is 0 Å². The van der Waals surface area contributed by atoms with Crippen LogP contribution in [0.25, 0.3) is 10.9 Å². The number of hydrogen-bond acceptors (Lipinski definition) is 4. The summed E-state index contributed by atoms with van der Waals surface area (Å²) in [4.78, 5) is 16.2. The molecular formula is C15H18N4O. The number of carbonyl (C=O) groups excluding carboxylic acids is 1. The molecule has 1 aliphatic rings. The van der Waals surface area contributed by atoms with Crippen LogP contribution >= 0.6 is 0 Å². The van der Waals surface area contributed by atoms with Gasteiger partial charge in [0.25, 0.3) is 0 Å². The van der Waals surface area contributed by atoms with E-state index in [9.17, 15) is 4.79 Å². The van der Waals surface area contributed by atoms with E-state index in [0.717, 1.165) is 36.8 Å². The second kappa shape index (κ2) is 5.46. The number of nitrogens with two attached hydrogens (primary N) is 1. The van der Waals surface area contributed by atoms with E-state index in [-0.39, 0.29) is 0 Å². The van der Waals surface area contributed by atoms with Crippen LogP contribution in [0.1, 0.15) is 23.2 Å². The zero-order valence-corrected chi connectivity index (χ0v) is 11.2. The average molecular weight is 270 g/mol. The van der Waals surface area contributed by atoms with E-state index in [1.807, 2.05) is 24.3 Å². The molecule has 4 N–H and O–H groups in total. The number of anilines is 1. The van der Waals surface area contributed by atoms with E-state index >= 15 is 0 Å². The van der Waals surface area contributed by atoms with Crippen LogP contribution in [-0.4, -0.2) is 30.0 Å². The Labute approximate surface area is 117 Å². The van der Waals surface area contributed by atoms with E-state index in [0.29, 0.717) is 17.4 Å². The molecule has 1 fully saturated rings. The van der Waals surface area contributed by atoms with Gasteiger partial charge in [0.1, 0.15) is 5.82 Å². The Hall–Kier alpha value is -2.14. The van der Waals surface area contributed by atoms with Crippen LogP contribution in [0.3, 0.4) is 0 Å². The fourth-order valence-electron chi connectivity index (χ4n) is 2.64. The number of amides is 1. The van der Waals surface area contributed by atoms with E-state index in [4.69, 9.17) is 5.73 Å². The molecule has 1 unspecified atom stereocenters. The number of benzene rings is 1. The van der Waals surface area contributed by atoms with Gasteiger partial charge in [-0.1, -0.05) is 18.2 Å². The van der Waals surface area contributed by atoms with E-state index in [2.05, 4.69) is 15.6 Å². The van der Waals surface area contributed by atoms with Gasteiger partial charge in [-0.05, 0) is 31.5 Å². The quantitative estimate of drug-likeness (QED) is 0.789. The van der Waals surface area contributed by atoms with Crippen molar-refractivity contribution in [1.82, 2.24) is 10.3 Å². The smallest absolute Gasteiger partial charge is 0.249 e. The number of carbonyl (C=O) groups is 1. The molecule has 1 aromatic heterocycles. The maximum atomic E-state index is 11.6. The Balaban J connectivity index is 1.96. The first-order valence-electron chi connectivity index (χ1n) is 6.91. The van der Waals surface area contributed by atoms with Crippen LogP contribution in [0.5, 0.6) is 0 Å². The number of nitrogens with zero attached hydrogens (tertiary/aromatic N) is 1. The van der Waals surface area contributed by atoms with Crippen LogP contribution in [0.15, 0.2) is 30.3 Å². The molecule has 0 radical (unpaired) electrons. The summed E-state index contributed by atoms with van der Waals surface area (Å²) >= 11 is 0. The maximum absolute atomic E-state index is 11.6. The number of primary amides is 1. The number of piperidine rings is 1. The SMILES string of the molecule is NC(=O)c1cc(NC2CCCNC2)nc2ccccc12. The number of fused-ring (bicyclic) bond motifs is 1. The van der Waals surface area contributed by atoms with Crippen LogP contribution in [0.4, 0.5) is 5.82 Å². The summed E-state index contributed by atoms with van der Waals surface area (Å²) in [5.74, 6) is 0.291. The first kappa shape index (κ1) is 12.9. The number of nitrogens with one attached hydrogen (secondary N) is 2. The third kappa shape index (κ3) is 2.58. The van der Waals surface area contributed by atoms with Gasteiger partial charge in [-0.25, -0.2) is 4.98 Å². The Kier molecular flexibility index (Phi) is 3.52. The van der Waals surface area contributed by atoms with Gasteiger partial charge in [-0.3, -0.25) is 4.79 Å². The molecule has 0 aliphatic carbocycles. The molecule has 1 aliphatic heterocycles. The highest BCUT2D eigenvalue weighted by Gasteiger charge is 2.15. The van der Waals surface area contributed by atoms with Crippen LogP contribution in [0, 0.1) is 0 Å². The van der Waals surface area contributed by atoms with Gasteiger partial charge in [-0.2, -0.15) is 0 Å². The molecule has 1 atom stereocenters. The minimum Gasteiger partial charge on any atom is -0.366 e. The summed E-state index contributed by atoms with van der Waals surface area (Å²) in [6, 6.07) is 9.65. The molecule has 5 nitrogen and oxygen atoms in total. The number of hydrogen-bond donors (Lipinski definition) is 3. The van der Waals surface area contributed by atoms with Crippen molar-refractivity contribution in [2.24, 2.45) is 5.73 Å². The van der Waals surface area contributed by atoms with Gasteiger partial charge in [0.05, 0.1) is 11.1 Å². The molecule has 0 spiro atoms. The molecule has 20 heavy (non-hydrogen) atoms. The Morgan fingerprint density at radius 1 is 1.40 bits per heavy atom. The molecule has 2 aromatic rings. The minimum atomic E-state index is -0.423. The van der Waals surface area contributed by atoms with Crippen LogP contribution < -0.4 is 16.4 Å². The lowest BCUT2D eigenvalue weighted by Gasteiger charge is -2.24. The normalized spacial score (nSPS) is 18.9. The topological polar surface area (TPSA) is 80.0 Å². The summed E-state index contributed by atoms with van der Waals surface area (Å²) in [7, 11) is 0. The van der Waals surface area contributed by atoms with Crippen molar-refractivity contribution in [2.45, 2.75) is 18.9 Å². The van der Waals surface area contributed by atoms with Gasteiger partial charge in [0, 0.05) is 18.0 Å². The Morgan fingerprint density at radius 2 is 2.25 bits per heavy atom. The summed E-state index contributed by atoms with van der Waals surface area (Å²) in [6.45, 7) is 1.98. The highest BCUT2D eigenvalue weighted by Crippen LogP contribution is 2.21. The number of pyridine rings is 1. The Morgan fingerprint density at radius 3 is 3.00 bits per heavy atom. The molecule has 0 bridgehead atoms. The lowest BCUT2D eigenvalue weighted by atomic mass is 10.1. The lowest BCUT2D eigenvalue weighted by Crippen LogP contribution is -2.38. The zero-order chi connectivity index (χ0) is 13.9. The van der Waals surface area contributed by atoms with Crippen molar-refractivity contribution in [2.75, 3.05) is 18.4 Å². The van der Waals surface area contributed by atoms with Crippen molar-refractivity contribution in [3.05, 3.63) is 35.9 Å². The second-order valence-corrected chi connectivity index (χ2v) is 5.12. The average Bonchev–Trinajstić information content (AvgIpc) is 2.47. The number of rotatable bonds is 3. The van der Waals surface area contributed by atoms with Crippen molar-refractivity contribution < 1.29 is 4.79 Å². The first-order valence-corrected chi connectivity index (χ1v) is 6.91. The number of aromatic nitrogens is 1. The monoisotopic (exact) mass is 270 g/mol. The molecule has 3 rings (SSSR count). The second-order valence-electron chi connectivity index (χ2n) is 5.12. The largest absolute Gasteiger partial charge is 0.366 e. The fraction of sp³-hybridized carbons (Fsp3) is 0.333. The molecule has 5 heteroatoms. The summed E-state index contributed by atoms with van der Waals surface area (Å²) < 4.78 is 0. The third-order valence-corrected chi connectivity index (χ3v) is 3.63. The molecular weight excluding hydrogens is 252 g/mol. The van der Waals surface area contributed by atoms with Crippen LogP contribution in [0.2, 0.25) is 0 Å². The molecule has 1 amide bonds. The number of para-hydroxylation sites is 1. The van der Waals surface area contributed by atoms with Gasteiger partial charge in [0.15, 0.2) is 0 Å². The lowest BCUT2D eigenvalue weighted by molar-refractivity contribution is 0.100. The summed E-state index contributed by atoms with van der Waals surface area (Å²) in [5.41, 5.74) is 6.78. The van der Waals surface area contributed by atoms with Gasteiger partial charge < -0.3 is 16.4 Å². The molecule has 0 saturated carbocycles. The van der Waals surface area contributed by atoms with Crippen molar-refractivity contribution in [3.63, 3.8) is 0 Å². The maximum Gasteiger partial charge on any atom is 0.249 e. The zero-order valence-electron chi connectivity index (χ0n) is 11.2. The molecule has 2 heterocycles. The summed E-state index contributed by atoms with van der Waals surface area (Å²) in [6.07, 6.45) is 2.25. The van der Waals surface area contributed by atoms with Crippen molar-refractivity contribution in [1.29, 1.82) is 0 Å². The first-order chi connectivity index (χ1) is 9.74. The van der Waals surface area contributed by atoms with Gasteiger partial charge in [-0.15, -0.1) is 0 Å².